The molecular weight excluding hydrogens is 402 g/mol. The molecule has 1 aromatic carbocycles. The van der Waals surface area contributed by atoms with Gasteiger partial charge < -0.3 is 14.7 Å². The van der Waals surface area contributed by atoms with Gasteiger partial charge in [-0.1, -0.05) is 24.3 Å². The lowest BCUT2D eigenvalue weighted by Gasteiger charge is -2.49. The van der Waals surface area contributed by atoms with Gasteiger partial charge in [0.2, 0.25) is 5.91 Å². The summed E-state index contributed by atoms with van der Waals surface area (Å²) in [7, 11) is 1.66. The molecule has 1 unspecified atom stereocenters. The van der Waals surface area contributed by atoms with Gasteiger partial charge >= 0.3 is 0 Å². The zero-order chi connectivity index (χ0) is 22.6. The molecule has 4 rings (SSSR count). The number of aliphatic hydroxyl groups is 1. The van der Waals surface area contributed by atoms with Crippen molar-refractivity contribution in [3.8, 4) is 5.75 Å². The first kappa shape index (κ1) is 22.7. The largest absolute Gasteiger partial charge is 0.495 e. The lowest BCUT2D eigenvalue weighted by Crippen LogP contribution is -2.55. The van der Waals surface area contributed by atoms with Gasteiger partial charge in [-0.2, -0.15) is 0 Å². The molecule has 1 aromatic heterocycles. The lowest BCUT2D eigenvalue weighted by molar-refractivity contribution is -0.140. The number of carbonyl (C=O) groups excluding carboxylic acids is 1. The van der Waals surface area contributed by atoms with E-state index in [4.69, 9.17) is 4.74 Å². The number of likely N-dealkylation sites (tertiary alicyclic amines) is 2. The van der Waals surface area contributed by atoms with Crippen molar-refractivity contribution in [2.24, 2.45) is 5.41 Å². The van der Waals surface area contributed by atoms with Crippen LogP contribution < -0.4 is 4.74 Å². The molecule has 1 amide bonds. The molecule has 0 radical (unpaired) electrons. The minimum atomic E-state index is -0.430. The van der Waals surface area contributed by atoms with E-state index in [0.29, 0.717) is 13.0 Å². The quantitative estimate of drug-likeness (QED) is 0.752. The number of carbonyl (C=O) groups is 1. The number of benzene rings is 1. The fourth-order valence-electron chi connectivity index (χ4n) is 5.30. The van der Waals surface area contributed by atoms with Gasteiger partial charge in [-0.15, -0.1) is 0 Å². The highest BCUT2D eigenvalue weighted by Crippen LogP contribution is 2.40. The van der Waals surface area contributed by atoms with Crippen LogP contribution in [0.25, 0.3) is 0 Å². The van der Waals surface area contributed by atoms with Gasteiger partial charge in [0.05, 0.1) is 19.4 Å². The van der Waals surface area contributed by atoms with E-state index in [1.54, 1.807) is 13.3 Å². The number of nitrogens with zero attached hydrogens (tertiary/aromatic N) is 3. The number of piperidine rings is 2. The maximum atomic E-state index is 13.0. The van der Waals surface area contributed by atoms with Gasteiger partial charge in [-0.25, -0.2) is 0 Å². The van der Waals surface area contributed by atoms with Crippen molar-refractivity contribution >= 4 is 5.91 Å². The summed E-state index contributed by atoms with van der Waals surface area (Å²) >= 11 is 0. The van der Waals surface area contributed by atoms with Gasteiger partial charge in [0, 0.05) is 32.3 Å². The van der Waals surface area contributed by atoms with Crippen molar-refractivity contribution in [1.82, 2.24) is 14.8 Å². The first-order valence-corrected chi connectivity index (χ1v) is 11.7. The molecule has 0 bridgehead atoms. The topological polar surface area (TPSA) is 65.9 Å². The summed E-state index contributed by atoms with van der Waals surface area (Å²) in [6, 6.07) is 10.3. The molecule has 2 aliphatic heterocycles. The van der Waals surface area contributed by atoms with E-state index in [1.165, 1.54) is 11.1 Å². The summed E-state index contributed by atoms with van der Waals surface area (Å²) in [5, 5.41) is 10.6. The van der Waals surface area contributed by atoms with E-state index in [-0.39, 0.29) is 11.3 Å². The van der Waals surface area contributed by atoms with Gasteiger partial charge in [0.25, 0.3) is 0 Å². The third-order valence-corrected chi connectivity index (χ3v) is 7.18. The van der Waals surface area contributed by atoms with Crippen LogP contribution in [0, 0.1) is 12.3 Å². The Labute approximate surface area is 191 Å². The first-order valence-electron chi connectivity index (χ1n) is 11.7. The maximum absolute atomic E-state index is 13.0. The molecule has 6 nitrogen and oxygen atoms in total. The number of aryl methyl sites for hydroxylation is 2. The van der Waals surface area contributed by atoms with Crippen LogP contribution >= 0.6 is 0 Å². The second kappa shape index (κ2) is 10.0. The van der Waals surface area contributed by atoms with Crippen LogP contribution in [0.15, 0.2) is 42.7 Å². The number of ether oxygens (including phenoxy) is 1. The van der Waals surface area contributed by atoms with E-state index >= 15 is 0 Å². The van der Waals surface area contributed by atoms with E-state index in [1.807, 2.05) is 29.3 Å². The Balaban J connectivity index is 1.32. The van der Waals surface area contributed by atoms with Crippen molar-refractivity contribution in [2.45, 2.75) is 51.7 Å². The SMILES string of the molecule is COc1cncc(CN2CCC3(CC2)CC(O)CN(C(=O)CCc2ccccc2C)C3)c1. The van der Waals surface area contributed by atoms with Gasteiger partial charge in [0.15, 0.2) is 0 Å². The fourth-order valence-corrected chi connectivity index (χ4v) is 5.30. The Morgan fingerprint density at radius 1 is 1.25 bits per heavy atom. The third kappa shape index (κ3) is 5.48. The summed E-state index contributed by atoms with van der Waals surface area (Å²) in [6.45, 7) is 6.11. The monoisotopic (exact) mass is 437 g/mol. The molecule has 2 fully saturated rings. The standard InChI is InChI=1S/C26H35N3O3/c1-20-5-3-4-6-22(20)7-8-25(31)29-18-23(30)14-26(19-29)9-11-28(12-10-26)17-21-13-24(32-2)16-27-15-21/h3-6,13,15-16,23,30H,7-12,14,17-19H2,1-2H3. The van der Waals surface area contributed by atoms with Crippen molar-refractivity contribution in [3.63, 3.8) is 0 Å². The summed E-state index contributed by atoms with van der Waals surface area (Å²) in [6.07, 6.45) is 7.25. The van der Waals surface area contributed by atoms with E-state index in [2.05, 4.69) is 28.9 Å². The summed E-state index contributed by atoms with van der Waals surface area (Å²) in [4.78, 5) is 21.6. The highest BCUT2D eigenvalue weighted by Gasteiger charge is 2.42. The van der Waals surface area contributed by atoms with Crippen LogP contribution in [0.1, 0.15) is 42.4 Å². The van der Waals surface area contributed by atoms with Crippen LogP contribution in [0.2, 0.25) is 0 Å². The average molecular weight is 438 g/mol. The minimum Gasteiger partial charge on any atom is -0.495 e. The number of rotatable bonds is 6. The Bertz CT molecular complexity index is 924. The number of amides is 1. The van der Waals surface area contributed by atoms with Crippen molar-refractivity contribution < 1.29 is 14.6 Å². The van der Waals surface area contributed by atoms with Crippen LogP contribution in [0.4, 0.5) is 0 Å². The average Bonchev–Trinajstić information content (AvgIpc) is 2.80. The van der Waals surface area contributed by atoms with Crippen LogP contribution in [0.3, 0.4) is 0 Å². The lowest BCUT2D eigenvalue weighted by atomic mass is 9.71. The predicted molar refractivity (Wildman–Crippen MR) is 124 cm³/mol. The second-order valence-corrected chi connectivity index (χ2v) is 9.57. The normalized spacial score (nSPS) is 21.0. The van der Waals surface area contributed by atoms with Gasteiger partial charge in [0.1, 0.15) is 5.75 Å². The van der Waals surface area contributed by atoms with Crippen molar-refractivity contribution in [2.75, 3.05) is 33.3 Å². The Morgan fingerprint density at radius 2 is 2.03 bits per heavy atom. The first-order chi connectivity index (χ1) is 15.5. The number of pyridine rings is 1. The molecule has 1 atom stereocenters. The minimum absolute atomic E-state index is 0.0269. The second-order valence-electron chi connectivity index (χ2n) is 9.57. The number of aromatic nitrogens is 1. The molecular formula is C26H35N3O3. The van der Waals surface area contributed by atoms with Crippen LogP contribution in [0.5, 0.6) is 5.75 Å². The van der Waals surface area contributed by atoms with Crippen LogP contribution in [-0.4, -0.2) is 65.2 Å². The maximum Gasteiger partial charge on any atom is 0.223 e. The highest BCUT2D eigenvalue weighted by atomic mass is 16.5. The Kier molecular flexibility index (Phi) is 7.11. The number of methoxy groups -OCH3 is 1. The fraction of sp³-hybridized carbons (Fsp3) is 0.538. The molecule has 172 valence electrons. The van der Waals surface area contributed by atoms with E-state index < -0.39 is 6.10 Å². The van der Waals surface area contributed by atoms with Crippen molar-refractivity contribution in [1.29, 1.82) is 0 Å². The molecule has 0 saturated carbocycles. The molecule has 2 aliphatic rings. The number of hydrogen-bond donors (Lipinski definition) is 1. The smallest absolute Gasteiger partial charge is 0.223 e. The summed E-state index contributed by atoms with van der Waals surface area (Å²) in [5.74, 6) is 0.947. The number of hydrogen-bond acceptors (Lipinski definition) is 5. The molecule has 1 N–H and O–H groups in total. The van der Waals surface area contributed by atoms with Gasteiger partial charge in [-0.3, -0.25) is 14.7 Å². The zero-order valence-electron chi connectivity index (χ0n) is 19.3. The van der Waals surface area contributed by atoms with Crippen LogP contribution in [-0.2, 0) is 17.8 Å². The molecule has 3 heterocycles. The molecule has 0 aliphatic carbocycles. The predicted octanol–water partition coefficient (Wildman–Crippen LogP) is 3.21. The third-order valence-electron chi connectivity index (χ3n) is 7.18. The molecule has 32 heavy (non-hydrogen) atoms. The molecule has 1 spiro atoms. The highest BCUT2D eigenvalue weighted by molar-refractivity contribution is 5.76. The van der Waals surface area contributed by atoms with E-state index in [9.17, 15) is 9.90 Å². The molecule has 6 heteroatoms. The van der Waals surface area contributed by atoms with Gasteiger partial charge in [-0.05, 0) is 73.9 Å². The number of aliphatic hydroxyl groups excluding tert-OH is 1. The summed E-state index contributed by atoms with van der Waals surface area (Å²) < 4.78 is 5.29. The molecule has 2 aromatic rings. The number of β-amino-alcohol motifs (C(OH)–C–C–N with tert-alkyl or cyclic N) is 1. The van der Waals surface area contributed by atoms with E-state index in [0.717, 1.165) is 63.2 Å². The van der Waals surface area contributed by atoms with Crippen molar-refractivity contribution in [3.05, 3.63) is 59.4 Å². The summed E-state index contributed by atoms with van der Waals surface area (Å²) in [5.41, 5.74) is 3.64. The Morgan fingerprint density at radius 3 is 2.78 bits per heavy atom. The molecule has 2 saturated heterocycles. The zero-order valence-corrected chi connectivity index (χ0v) is 19.3. The Hall–Kier alpha value is -2.44.